The van der Waals surface area contributed by atoms with Gasteiger partial charge in [-0.3, -0.25) is 4.79 Å². The van der Waals surface area contributed by atoms with E-state index in [2.05, 4.69) is 20.2 Å². The molecule has 0 bridgehead atoms. The third-order valence-electron chi connectivity index (χ3n) is 4.80. The van der Waals surface area contributed by atoms with Gasteiger partial charge in [0.1, 0.15) is 12.1 Å². The minimum atomic E-state index is -0.270. The fraction of sp³-hybridized carbons (Fsp3) is 0.471. The van der Waals surface area contributed by atoms with E-state index < -0.39 is 0 Å². The van der Waals surface area contributed by atoms with Crippen molar-refractivity contribution in [3.63, 3.8) is 0 Å². The van der Waals surface area contributed by atoms with Gasteiger partial charge in [-0.25, -0.2) is 9.97 Å². The van der Waals surface area contributed by atoms with Crippen molar-refractivity contribution < 1.29 is 14.3 Å². The molecule has 1 atom stereocenters. The first kappa shape index (κ1) is 15.1. The van der Waals surface area contributed by atoms with Crippen LogP contribution in [0.25, 0.3) is 0 Å². The molecule has 0 aromatic carbocycles. The molecule has 126 valence electrons. The van der Waals surface area contributed by atoms with Crippen LogP contribution in [0, 0.1) is 0 Å². The number of nitrogens with one attached hydrogen (secondary N) is 1. The summed E-state index contributed by atoms with van der Waals surface area (Å²) in [5, 5.41) is 12.6. The lowest BCUT2D eigenvalue weighted by atomic mass is 9.78. The van der Waals surface area contributed by atoms with Gasteiger partial charge in [-0.15, -0.1) is 0 Å². The Morgan fingerprint density at radius 1 is 1.38 bits per heavy atom. The molecule has 7 nitrogen and oxygen atoms in total. The normalized spacial score (nSPS) is 26.2. The Labute approximate surface area is 139 Å². The Bertz CT molecular complexity index is 712. The number of anilines is 1. The van der Waals surface area contributed by atoms with Crippen molar-refractivity contribution in [1.29, 1.82) is 0 Å². The van der Waals surface area contributed by atoms with E-state index in [0.717, 1.165) is 37.3 Å². The Balaban J connectivity index is 1.34. The summed E-state index contributed by atoms with van der Waals surface area (Å²) in [6.07, 6.45) is 5.33. The molecular weight excluding hydrogens is 308 g/mol. The highest BCUT2D eigenvalue weighted by Gasteiger charge is 2.33. The number of hydrogen-bond acceptors (Lipinski definition) is 6. The highest BCUT2D eigenvalue weighted by atomic mass is 16.3. The molecule has 0 unspecified atom stereocenters. The van der Waals surface area contributed by atoms with Gasteiger partial charge in [-0.05, 0) is 31.4 Å². The van der Waals surface area contributed by atoms with Gasteiger partial charge in [0.2, 0.25) is 0 Å². The summed E-state index contributed by atoms with van der Waals surface area (Å²) < 4.78 is 5.10. The van der Waals surface area contributed by atoms with Gasteiger partial charge in [0.05, 0.1) is 12.4 Å². The molecule has 2 N–H and O–H groups in total. The molecule has 2 aromatic heterocycles. The predicted molar refractivity (Wildman–Crippen MR) is 86.8 cm³/mol. The number of aromatic nitrogens is 2. The Morgan fingerprint density at radius 3 is 2.96 bits per heavy atom. The maximum absolute atomic E-state index is 12.0. The van der Waals surface area contributed by atoms with Gasteiger partial charge in [-0.2, -0.15) is 0 Å². The lowest BCUT2D eigenvalue weighted by Crippen LogP contribution is -2.43. The van der Waals surface area contributed by atoms with E-state index >= 15 is 0 Å². The van der Waals surface area contributed by atoms with E-state index in [9.17, 15) is 9.90 Å². The van der Waals surface area contributed by atoms with Crippen LogP contribution >= 0.6 is 0 Å². The zero-order chi connectivity index (χ0) is 16.5. The molecule has 1 aliphatic carbocycles. The number of hydrogen-bond donors (Lipinski definition) is 2. The summed E-state index contributed by atoms with van der Waals surface area (Å²) in [6, 6.07) is 5.52. The second kappa shape index (κ2) is 6.24. The van der Waals surface area contributed by atoms with E-state index in [0.29, 0.717) is 18.2 Å². The minimum absolute atomic E-state index is 0.152. The van der Waals surface area contributed by atoms with Gasteiger partial charge in [0.15, 0.2) is 5.76 Å². The van der Waals surface area contributed by atoms with Crippen molar-refractivity contribution in [2.45, 2.75) is 37.3 Å². The first-order chi connectivity index (χ1) is 11.7. The van der Waals surface area contributed by atoms with E-state index in [1.54, 1.807) is 18.5 Å². The highest BCUT2D eigenvalue weighted by molar-refractivity contribution is 5.91. The Hall–Kier alpha value is -2.41. The third kappa shape index (κ3) is 2.99. The topological polar surface area (TPSA) is 91.5 Å². The smallest absolute Gasteiger partial charge is 0.287 e. The van der Waals surface area contributed by atoms with Crippen LogP contribution in [-0.4, -0.2) is 46.2 Å². The quantitative estimate of drug-likeness (QED) is 0.879. The summed E-state index contributed by atoms with van der Waals surface area (Å²) in [5.41, 5.74) is 1.00. The van der Waals surface area contributed by atoms with Crippen LogP contribution in [0.4, 0.5) is 5.82 Å². The highest BCUT2D eigenvalue weighted by Crippen LogP contribution is 2.37. The molecule has 2 fully saturated rings. The van der Waals surface area contributed by atoms with Gasteiger partial charge >= 0.3 is 0 Å². The van der Waals surface area contributed by atoms with Gasteiger partial charge in [0, 0.05) is 36.8 Å². The maximum atomic E-state index is 12.0. The fourth-order valence-corrected chi connectivity index (χ4v) is 3.35. The predicted octanol–water partition coefficient (Wildman–Crippen LogP) is 1.32. The van der Waals surface area contributed by atoms with Gasteiger partial charge < -0.3 is 19.7 Å². The second-order valence-corrected chi connectivity index (χ2v) is 6.51. The number of furan rings is 1. The monoisotopic (exact) mass is 328 g/mol. The molecule has 1 saturated carbocycles. The number of amides is 1. The first-order valence-corrected chi connectivity index (χ1v) is 8.28. The standard InChI is InChI=1S/C17H20N4O3/c22-13-3-4-21(9-13)16-8-14(18-10-19-16)11-6-12(7-11)20-17(23)15-2-1-5-24-15/h1-2,5,8,10-13,22H,3-4,6-7,9H2,(H,20,23)/t11?,12?,13-/m1/s1. The molecule has 4 rings (SSSR count). The van der Waals surface area contributed by atoms with Gasteiger partial charge in [-0.1, -0.05) is 0 Å². The molecule has 2 aliphatic rings. The zero-order valence-corrected chi connectivity index (χ0v) is 13.3. The number of β-amino-alcohol motifs (C(OH)–C–C–N with tert-alkyl or cyclic N) is 1. The summed E-state index contributed by atoms with van der Waals surface area (Å²) in [5.74, 6) is 1.38. The average molecular weight is 328 g/mol. The SMILES string of the molecule is O=C(NC1CC(c2cc(N3CC[C@@H](O)C3)ncn2)C1)c1ccco1. The van der Waals surface area contributed by atoms with Crippen LogP contribution in [0.2, 0.25) is 0 Å². The molecule has 1 amide bonds. The van der Waals surface area contributed by atoms with E-state index in [1.165, 1.54) is 6.26 Å². The van der Waals surface area contributed by atoms with Gasteiger partial charge in [0.25, 0.3) is 5.91 Å². The molecular formula is C17H20N4O3. The molecule has 2 aromatic rings. The van der Waals surface area contributed by atoms with Crippen molar-refractivity contribution in [2.24, 2.45) is 0 Å². The Kier molecular flexibility index (Phi) is 3.93. The molecule has 24 heavy (non-hydrogen) atoms. The van der Waals surface area contributed by atoms with E-state index in [4.69, 9.17) is 4.42 Å². The van der Waals surface area contributed by atoms with Crippen LogP contribution in [0.3, 0.4) is 0 Å². The second-order valence-electron chi connectivity index (χ2n) is 6.51. The molecule has 1 aliphatic heterocycles. The molecule has 0 spiro atoms. The van der Waals surface area contributed by atoms with Crippen LogP contribution in [0.5, 0.6) is 0 Å². The number of carbonyl (C=O) groups is 1. The summed E-state index contributed by atoms with van der Waals surface area (Å²) in [4.78, 5) is 22.7. The largest absolute Gasteiger partial charge is 0.459 e. The number of aliphatic hydroxyl groups is 1. The average Bonchev–Trinajstić information content (AvgIpc) is 3.22. The number of rotatable bonds is 4. The lowest BCUT2D eigenvalue weighted by molar-refractivity contribution is 0.0880. The maximum Gasteiger partial charge on any atom is 0.287 e. The zero-order valence-electron chi connectivity index (χ0n) is 13.3. The van der Waals surface area contributed by atoms with Crippen LogP contribution in [0.15, 0.2) is 35.2 Å². The number of nitrogens with zero attached hydrogens (tertiary/aromatic N) is 3. The van der Waals surface area contributed by atoms with Crippen LogP contribution in [-0.2, 0) is 0 Å². The van der Waals surface area contributed by atoms with Crippen LogP contribution in [0.1, 0.15) is 41.4 Å². The minimum Gasteiger partial charge on any atom is -0.459 e. The van der Waals surface area contributed by atoms with Crippen molar-refractivity contribution >= 4 is 11.7 Å². The van der Waals surface area contributed by atoms with Crippen LogP contribution < -0.4 is 10.2 Å². The van der Waals surface area contributed by atoms with Crippen molar-refractivity contribution in [3.8, 4) is 0 Å². The Morgan fingerprint density at radius 2 is 2.25 bits per heavy atom. The number of aliphatic hydroxyl groups excluding tert-OH is 1. The third-order valence-corrected chi connectivity index (χ3v) is 4.80. The molecule has 7 heteroatoms. The van der Waals surface area contributed by atoms with Crippen molar-refractivity contribution in [3.05, 3.63) is 42.2 Å². The molecule has 3 heterocycles. The number of carbonyl (C=O) groups excluding carboxylic acids is 1. The molecule has 1 saturated heterocycles. The van der Waals surface area contributed by atoms with E-state index in [1.807, 2.05) is 6.07 Å². The summed E-state index contributed by atoms with van der Waals surface area (Å²) in [6.45, 7) is 1.45. The fourth-order valence-electron chi connectivity index (χ4n) is 3.35. The molecule has 0 radical (unpaired) electrons. The van der Waals surface area contributed by atoms with Crippen molar-refractivity contribution in [2.75, 3.05) is 18.0 Å². The lowest BCUT2D eigenvalue weighted by Gasteiger charge is -2.35. The van der Waals surface area contributed by atoms with E-state index in [-0.39, 0.29) is 18.1 Å². The first-order valence-electron chi connectivity index (χ1n) is 8.28. The summed E-state index contributed by atoms with van der Waals surface area (Å²) in [7, 11) is 0. The summed E-state index contributed by atoms with van der Waals surface area (Å²) >= 11 is 0. The van der Waals surface area contributed by atoms with Crippen molar-refractivity contribution in [1.82, 2.24) is 15.3 Å².